The Hall–Kier alpha value is -1.19. The largest absolute Gasteiger partial charge is 0.508 e. The molecule has 16 heavy (non-hydrogen) atoms. The average molecular weight is 254 g/mol. The van der Waals surface area contributed by atoms with Crippen LogP contribution in [0.15, 0.2) is 53.6 Å². The van der Waals surface area contributed by atoms with Gasteiger partial charge in [0.15, 0.2) is 0 Å². The van der Waals surface area contributed by atoms with Crippen molar-refractivity contribution in [3.63, 3.8) is 0 Å². The molecule has 1 aromatic heterocycles. The molecule has 0 aliphatic carbocycles. The lowest BCUT2D eigenvalue weighted by atomic mass is 10.3. The van der Waals surface area contributed by atoms with Crippen LogP contribution in [0.5, 0.6) is 5.75 Å². The summed E-state index contributed by atoms with van der Waals surface area (Å²) in [5.41, 5.74) is 1.07. The van der Waals surface area contributed by atoms with Crippen LogP contribution in [0.3, 0.4) is 0 Å². The Kier molecular flexibility index (Phi) is 5.15. The Morgan fingerprint density at radius 1 is 1.06 bits per heavy atom. The summed E-state index contributed by atoms with van der Waals surface area (Å²) in [4.78, 5) is 5.38. The van der Waals surface area contributed by atoms with Crippen molar-refractivity contribution in [2.75, 3.05) is 0 Å². The molecule has 0 fully saturated rings. The van der Waals surface area contributed by atoms with Gasteiger partial charge in [-0.15, -0.1) is 24.2 Å². The van der Waals surface area contributed by atoms with Crippen LogP contribution in [0.1, 0.15) is 5.69 Å². The zero-order valence-electron chi connectivity index (χ0n) is 8.54. The Balaban J connectivity index is 0.00000128. The maximum atomic E-state index is 9.12. The Morgan fingerprint density at radius 3 is 2.44 bits per heavy atom. The zero-order chi connectivity index (χ0) is 10.5. The smallest absolute Gasteiger partial charge is 0.115 e. The number of pyridine rings is 1. The molecule has 0 saturated heterocycles. The summed E-state index contributed by atoms with van der Waals surface area (Å²) in [5.74, 6) is 1.16. The highest BCUT2D eigenvalue weighted by atomic mass is 35.5. The molecule has 2 aromatic rings. The van der Waals surface area contributed by atoms with E-state index >= 15 is 0 Å². The fraction of sp³-hybridized carbons (Fsp3) is 0.0833. The van der Waals surface area contributed by atoms with Gasteiger partial charge in [-0.2, -0.15) is 0 Å². The summed E-state index contributed by atoms with van der Waals surface area (Å²) in [5, 5.41) is 9.12. The number of benzene rings is 1. The first-order valence-electron chi connectivity index (χ1n) is 4.66. The summed E-state index contributed by atoms with van der Waals surface area (Å²) in [6.45, 7) is 0. The van der Waals surface area contributed by atoms with E-state index in [1.807, 2.05) is 30.3 Å². The van der Waals surface area contributed by atoms with E-state index in [1.165, 1.54) is 0 Å². The van der Waals surface area contributed by atoms with E-state index in [9.17, 15) is 0 Å². The van der Waals surface area contributed by atoms with Crippen LogP contribution in [-0.4, -0.2) is 10.1 Å². The van der Waals surface area contributed by atoms with E-state index < -0.39 is 0 Å². The van der Waals surface area contributed by atoms with Crippen LogP contribution in [0, 0.1) is 0 Å². The lowest BCUT2D eigenvalue weighted by Gasteiger charge is -2.01. The first-order chi connectivity index (χ1) is 7.34. The number of phenolic OH excluding ortho intramolecular Hbond substituents is 1. The maximum Gasteiger partial charge on any atom is 0.115 e. The van der Waals surface area contributed by atoms with Crippen molar-refractivity contribution in [3.8, 4) is 5.75 Å². The van der Waals surface area contributed by atoms with Crippen LogP contribution >= 0.6 is 24.2 Å². The number of halogens is 1. The molecule has 0 aliphatic heterocycles. The van der Waals surface area contributed by atoms with Gasteiger partial charge in [0.1, 0.15) is 5.75 Å². The van der Waals surface area contributed by atoms with Crippen LogP contribution in [0.2, 0.25) is 0 Å². The third kappa shape index (κ3) is 3.76. The highest BCUT2D eigenvalue weighted by molar-refractivity contribution is 7.98. The molecule has 2 nitrogen and oxygen atoms in total. The molecule has 0 spiro atoms. The van der Waals surface area contributed by atoms with E-state index in [4.69, 9.17) is 5.11 Å². The average Bonchev–Trinajstić information content (AvgIpc) is 2.30. The molecule has 1 N–H and O–H groups in total. The van der Waals surface area contributed by atoms with Crippen molar-refractivity contribution in [2.45, 2.75) is 10.6 Å². The van der Waals surface area contributed by atoms with Gasteiger partial charge in [0.05, 0.1) is 5.69 Å². The van der Waals surface area contributed by atoms with Gasteiger partial charge >= 0.3 is 0 Å². The molecule has 0 radical (unpaired) electrons. The van der Waals surface area contributed by atoms with Crippen LogP contribution in [0.25, 0.3) is 0 Å². The SMILES string of the molecule is Cl.Oc1ccc(SCc2ccccn2)cc1. The molecule has 1 aromatic carbocycles. The van der Waals surface area contributed by atoms with Crippen molar-refractivity contribution >= 4 is 24.2 Å². The van der Waals surface area contributed by atoms with Gasteiger partial charge in [0.25, 0.3) is 0 Å². The van der Waals surface area contributed by atoms with Gasteiger partial charge in [-0.05, 0) is 36.4 Å². The van der Waals surface area contributed by atoms with Crippen molar-refractivity contribution < 1.29 is 5.11 Å². The van der Waals surface area contributed by atoms with Crippen LogP contribution in [-0.2, 0) is 5.75 Å². The molecular formula is C12H12ClNOS. The molecule has 2 rings (SSSR count). The molecule has 0 aliphatic rings. The number of aromatic hydroxyl groups is 1. The number of thioether (sulfide) groups is 1. The summed E-state index contributed by atoms with van der Waals surface area (Å²) in [6, 6.07) is 13.1. The predicted octanol–water partition coefficient (Wildman–Crippen LogP) is 3.50. The third-order valence-electron chi connectivity index (χ3n) is 1.95. The summed E-state index contributed by atoms with van der Waals surface area (Å²) in [6.07, 6.45) is 1.80. The van der Waals surface area contributed by atoms with E-state index in [0.29, 0.717) is 5.75 Å². The van der Waals surface area contributed by atoms with E-state index in [-0.39, 0.29) is 12.4 Å². The molecule has 0 saturated carbocycles. The van der Waals surface area contributed by atoms with E-state index in [1.54, 1.807) is 30.1 Å². The maximum absolute atomic E-state index is 9.12. The lowest BCUT2D eigenvalue weighted by molar-refractivity contribution is 0.475. The first-order valence-corrected chi connectivity index (χ1v) is 5.65. The summed E-state index contributed by atoms with van der Waals surface area (Å²) < 4.78 is 0. The topological polar surface area (TPSA) is 33.1 Å². The molecule has 0 unspecified atom stereocenters. The summed E-state index contributed by atoms with van der Waals surface area (Å²) >= 11 is 1.71. The number of nitrogens with zero attached hydrogens (tertiary/aromatic N) is 1. The minimum Gasteiger partial charge on any atom is -0.508 e. The van der Waals surface area contributed by atoms with Gasteiger partial charge in [-0.3, -0.25) is 4.98 Å². The highest BCUT2D eigenvalue weighted by Gasteiger charge is 1.96. The van der Waals surface area contributed by atoms with Gasteiger partial charge < -0.3 is 5.11 Å². The van der Waals surface area contributed by atoms with Gasteiger partial charge in [-0.25, -0.2) is 0 Å². The first kappa shape index (κ1) is 12.9. The Bertz CT molecular complexity index is 419. The number of aromatic nitrogens is 1. The standard InChI is InChI=1S/C12H11NOS.ClH/c14-11-4-6-12(7-5-11)15-9-10-3-1-2-8-13-10;/h1-8,14H,9H2;1H. The zero-order valence-corrected chi connectivity index (χ0v) is 10.2. The second kappa shape index (κ2) is 6.40. The van der Waals surface area contributed by atoms with Gasteiger partial charge in [0, 0.05) is 16.8 Å². The monoisotopic (exact) mass is 253 g/mol. The Morgan fingerprint density at radius 2 is 1.81 bits per heavy atom. The molecule has 0 amide bonds. The fourth-order valence-corrected chi connectivity index (χ4v) is 2.00. The van der Waals surface area contributed by atoms with Crippen molar-refractivity contribution in [2.24, 2.45) is 0 Å². The quantitative estimate of drug-likeness (QED) is 0.850. The van der Waals surface area contributed by atoms with E-state index in [2.05, 4.69) is 4.98 Å². The summed E-state index contributed by atoms with van der Waals surface area (Å²) in [7, 11) is 0. The third-order valence-corrected chi connectivity index (χ3v) is 3.00. The minimum absolute atomic E-state index is 0. The Labute approximate surface area is 105 Å². The lowest BCUT2D eigenvalue weighted by Crippen LogP contribution is -1.83. The molecule has 0 atom stereocenters. The number of hydrogen-bond donors (Lipinski definition) is 1. The molecular weight excluding hydrogens is 242 g/mol. The van der Waals surface area contributed by atoms with Crippen molar-refractivity contribution in [3.05, 3.63) is 54.4 Å². The molecule has 1 heterocycles. The van der Waals surface area contributed by atoms with Crippen molar-refractivity contribution in [1.29, 1.82) is 0 Å². The second-order valence-corrected chi connectivity index (χ2v) is 4.15. The number of hydrogen-bond acceptors (Lipinski definition) is 3. The molecule has 84 valence electrons. The minimum atomic E-state index is 0. The normalized spacial score (nSPS) is 9.50. The van der Waals surface area contributed by atoms with Crippen LogP contribution in [0.4, 0.5) is 0 Å². The van der Waals surface area contributed by atoms with Crippen molar-refractivity contribution in [1.82, 2.24) is 4.98 Å². The number of phenols is 1. The van der Waals surface area contributed by atoms with Gasteiger partial charge in [-0.1, -0.05) is 6.07 Å². The van der Waals surface area contributed by atoms with E-state index in [0.717, 1.165) is 16.3 Å². The fourth-order valence-electron chi connectivity index (χ4n) is 1.18. The van der Waals surface area contributed by atoms with Gasteiger partial charge in [0.2, 0.25) is 0 Å². The molecule has 4 heteroatoms. The predicted molar refractivity (Wildman–Crippen MR) is 69.2 cm³/mol. The second-order valence-electron chi connectivity index (χ2n) is 3.10. The van der Waals surface area contributed by atoms with Crippen LogP contribution < -0.4 is 0 Å². The molecule has 0 bridgehead atoms. The highest BCUT2D eigenvalue weighted by Crippen LogP contribution is 2.23. The number of rotatable bonds is 3.